The molecule has 0 aliphatic rings. The number of hydrogen-bond acceptors (Lipinski definition) is 1. The zero-order valence-electron chi connectivity index (χ0n) is 4.80. The Morgan fingerprint density at radius 1 is 1.29 bits per heavy atom. The number of hydrogen-bond donors (Lipinski definition) is 2. The summed E-state index contributed by atoms with van der Waals surface area (Å²) in [5, 5.41) is 13.9. The van der Waals surface area contributed by atoms with Crippen LogP contribution in [0.15, 0.2) is 0 Å². The SMILES string of the molecule is O.O.O=C(O)O.[H-].[K+]. The van der Waals surface area contributed by atoms with E-state index in [2.05, 4.69) is 0 Å². The Kier molecular flexibility index (Phi) is 56.3. The molecule has 0 aromatic carbocycles. The van der Waals surface area contributed by atoms with E-state index in [1.54, 1.807) is 0 Å². The molecule has 0 spiro atoms. The predicted octanol–water partition coefficient (Wildman–Crippen LogP) is -4.31. The minimum atomic E-state index is -1.83. The van der Waals surface area contributed by atoms with E-state index in [1.165, 1.54) is 0 Å². The maximum Gasteiger partial charge on any atom is 1.00 e. The smallest absolute Gasteiger partial charge is 1.00 e. The molecule has 0 saturated heterocycles. The van der Waals surface area contributed by atoms with Crippen molar-refractivity contribution in [2.75, 3.05) is 0 Å². The van der Waals surface area contributed by atoms with Gasteiger partial charge in [0.15, 0.2) is 0 Å². The van der Waals surface area contributed by atoms with Crippen LogP contribution in [0.5, 0.6) is 0 Å². The zero-order valence-corrected chi connectivity index (χ0v) is 6.93. The van der Waals surface area contributed by atoms with Gasteiger partial charge >= 0.3 is 57.5 Å². The molecular weight excluding hydrogens is 131 g/mol. The van der Waals surface area contributed by atoms with Crippen molar-refractivity contribution in [1.82, 2.24) is 0 Å². The first kappa shape index (κ1) is 24.9. The minimum absolute atomic E-state index is 0. The molecule has 0 radical (unpaired) electrons. The number of rotatable bonds is 0. The van der Waals surface area contributed by atoms with Crippen molar-refractivity contribution in [3.05, 3.63) is 0 Å². The average molecular weight is 138 g/mol. The van der Waals surface area contributed by atoms with Gasteiger partial charge in [0.05, 0.1) is 0 Å². The first-order chi connectivity index (χ1) is 1.73. The summed E-state index contributed by atoms with van der Waals surface area (Å²) < 4.78 is 0. The van der Waals surface area contributed by atoms with Gasteiger partial charge in [-0.2, -0.15) is 0 Å². The maximum atomic E-state index is 8.56. The molecule has 0 amide bonds. The standard InChI is InChI=1S/CH2O3.K.2H2O.H/c2-1(3)4;;;;/h(H2,2,3,4);;2*1H2;/q;+1;;;-1. The quantitative estimate of drug-likeness (QED) is 0.329. The van der Waals surface area contributed by atoms with Crippen LogP contribution in [0.3, 0.4) is 0 Å². The monoisotopic (exact) mass is 138 g/mol. The molecule has 6 N–H and O–H groups in total. The molecule has 0 heterocycles. The van der Waals surface area contributed by atoms with Crippen molar-refractivity contribution in [1.29, 1.82) is 0 Å². The van der Waals surface area contributed by atoms with Crippen LogP contribution in [0.2, 0.25) is 0 Å². The van der Waals surface area contributed by atoms with Crippen LogP contribution in [-0.4, -0.2) is 27.3 Å². The van der Waals surface area contributed by atoms with Gasteiger partial charge in [-0.15, -0.1) is 0 Å². The fourth-order valence-electron chi connectivity index (χ4n) is 0. The van der Waals surface area contributed by atoms with Crippen molar-refractivity contribution < 1.29 is 78.8 Å². The summed E-state index contributed by atoms with van der Waals surface area (Å²) in [5.74, 6) is 0. The number of carboxylic acid groups (broad SMARTS) is 2. The van der Waals surface area contributed by atoms with Gasteiger partial charge in [-0.3, -0.25) is 0 Å². The van der Waals surface area contributed by atoms with Gasteiger partial charge in [0, 0.05) is 0 Å². The molecule has 7 heavy (non-hydrogen) atoms. The topological polar surface area (TPSA) is 121 Å². The Morgan fingerprint density at radius 3 is 1.29 bits per heavy atom. The van der Waals surface area contributed by atoms with Crippen LogP contribution in [0.4, 0.5) is 4.79 Å². The largest absolute Gasteiger partial charge is 1.00 e. The van der Waals surface area contributed by atoms with Crippen LogP contribution >= 0.6 is 0 Å². The van der Waals surface area contributed by atoms with Crippen LogP contribution < -0.4 is 51.4 Å². The van der Waals surface area contributed by atoms with E-state index in [0.29, 0.717) is 0 Å². The van der Waals surface area contributed by atoms with Gasteiger partial charge < -0.3 is 22.6 Å². The fraction of sp³-hybridized carbons (Fsp3) is 0. The summed E-state index contributed by atoms with van der Waals surface area (Å²) in [6, 6.07) is 0. The van der Waals surface area contributed by atoms with Crippen molar-refractivity contribution in [2.24, 2.45) is 0 Å². The summed E-state index contributed by atoms with van der Waals surface area (Å²) in [6.07, 6.45) is -1.83. The van der Waals surface area contributed by atoms with Gasteiger partial charge in [0.1, 0.15) is 0 Å². The van der Waals surface area contributed by atoms with Gasteiger partial charge in [-0.1, -0.05) is 0 Å². The molecule has 0 aromatic heterocycles. The Hall–Kier alpha value is 0.826. The van der Waals surface area contributed by atoms with Crippen molar-refractivity contribution in [3.8, 4) is 0 Å². The molecule has 0 bridgehead atoms. The summed E-state index contributed by atoms with van der Waals surface area (Å²) in [4.78, 5) is 8.56. The van der Waals surface area contributed by atoms with E-state index in [-0.39, 0.29) is 63.8 Å². The Labute approximate surface area is 83.9 Å². The fourth-order valence-corrected chi connectivity index (χ4v) is 0. The third-order valence-corrected chi connectivity index (χ3v) is 0. The molecule has 0 unspecified atom stereocenters. The van der Waals surface area contributed by atoms with E-state index < -0.39 is 6.16 Å². The predicted molar refractivity (Wildman–Crippen MR) is 19.0 cm³/mol. The summed E-state index contributed by atoms with van der Waals surface area (Å²) >= 11 is 0. The molecular formula is CH7KO5. The first-order valence-electron chi connectivity index (χ1n) is 0.651. The Morgan fingerprint density at radius 2 is 1.29 bits per heavy atom. The minimum Gasteiger partial charge on any atom is -1.00 e. The summed E-state index contributed by atoms with van der Waals surface area (Å²) in [7, 11) is 0. The van der Waals surface area contributed by atoms with Gasteiger partial charge in [0.25, 0.3) is 0 Å². The normalized spacial score (nSPS) is 3.43. The van der Waals surface area contributed by atoms with Crippen molar-refractivity contribution in [2.45, 2.75) is 0 Å². The molecule has 5 nitrogen and oxygen atoms in total. The van der Waals surface area contributed by atoms with E-state index in [4.69, 9.17) is 15.0 Å². The van der Waals surface area contributed by atoms with Gasteiger partial charge in [-0.25, -0.2) is 4.79 Å². The van der Waals surface area contributed by atoms with Gasteiger partial charge in [0.2, 0.25) is 0 Å². The molecule has 42 valence electrons. The van der Waals surface area contributed by atoms with Crippen LogP contribution in [0.1, 0.15) is 1.43 Å². The summed E-state index contributed by atoms with van der Waals surface area (Å²) in [6.45, 7) is 0. The van der Waals surface area contributed by atoms with E-state index in [1.807, 2.05) is 0 Å². The maximum absolute atomic E-state index is 8.56. The molecule has 0 atom stereocenters. The molecule has 6 heteroatoms. The Bertz CT molecular complexity index is 35.4. The molecule has 0 rings (SSSR count). The van der Waals surface area contributed by atoms with Crippen molar-refractivity contribution in [3.63, 3.8) is 0 Å². The zero-order chi connectivity index (χ0) is 3.58. The average Bonchev–Trinajstić information content (AvgIpc) is 0.811. The molecule has 0 saturated carbocycles. The van der Waals surface area contributed by atoms with E-state index in [9.17, 15) is 0 Å². The molecule has 0 fully saturated rings. The Balaban J connectivity index is -0.00000000750. The third kappa shape index (κ3) is 233. The second-order valence-electron chi connectivity index (χ2n) is 0.283. The van der Waals surface area contributed by atoms with Crippen LogP contribution in [0.25, 0.3) is 0 Å². The van der Waals surface area contributed by atoms with Crippen LogP contribution in [-0.2, 0) is 0 Å². The number of carbonyl (C=O) groups is 1. The van der Waals surface area contributed by atoms with E-state index in [0.717, 1.165) is 0 Å². The molecule has 0 aliphatic heterocycles. The second kappa shape index (κ2) is 15.8. The first-order valence-corrected chi connectivity index (χ1v) is 0.651. The van der Waals surface area contributed by atoms with E-state index >= 15 is 0 Å². The second-order valence-corrected chi connectivity index (χ2v) is 0.283. The third-order valence-electron chi connectivity index (χ3n) is 0. The summed E-state index contributed by atoms with van der Waals surface area (Å²) in [5.41, 5.74) is 0. The van der Waals surface area contributed by atoms with Gasteiger partial charge in [-0.05, 0) is 0 Å². The molecule has 0 aromatic rings. The van der Waals surface area contributed by atoms with Crippen LogP contribution in [0, 0.1) is 0 Å². The molecule has 0 aliphatic carbocycles. The van der Waals surface area contributed by atoms with Crippen molar-refractivity contribution >= 4 is 6.16 Å².